The van der Waals surface area contributed by atoms with Crippen LogP contribution < -0.4 is 4.74 Å². The fourth-order valence-electron chi connectivity index (χ4n) is 2.93. The molecule has 0 bridgehead atoms. The highest BCUT2D eigenvalue weighted by atomic mass is 35.5. The summed E-state index contributed by atoms with van der Waals surface area (Å²) in [6, 6.07) is 9.30. The van der Waals surface area contributed by atoms with Gasteiger partial charge in [0, 0.05) is 28.4 Å². The van der Waals surface area contributed by atoms with Gasteiger partial charge in [-0.05, 0) is 30.3 Å². The minimum atomic E-state index is -1.69. The Morgan fingerprint density at radius 3 is 2.68 bits per heavy atom. The fraction of sp³-hybridized carbons (Fsp3) is 0.100. The van der Waals surface area contributed by atoms with Crippen molar-refractivity contribution >= 4 is 40.0 Å². The molecular weight excluding hydrogens is 389 g/mol. The van der Waals surface area contributed by atoms with Crippen molar-refractivity contribution in [1.82, 2.24) is 4.57 Å². The van der Waals surface area contributed by atoms with Crippen molar-refractivity contribution in [2.24, 2.45) is 0 Å². The van der Waals surface area contributed by atoms with E-state index in [0.717, 1.165) is 0 Å². The van der Waals surface area contributed by atoms with E-state index in [4.69, 9.17) is 21.4 Å². The van der Waals surface area contributed by atoms with Crippen LogP contribution in [-0.4, -0.2) is 33.6 Å². The first-order chi connectivity index (χ1) is 13.3. The molecular formula is C20H15ClFNO5. The molecule has 144 valence electrons. The lowest BCUT2D eigenvalue weighted by molar-refractivity contribution is -0.146. The van der Waals surface area contributed by atoms with E-state index in [9.17, 15) is 19.1 Å². The van der Waals surface area contributed by atoms with Gasteiger partial charge in [-0.25, -0.2) is 9.18 Å². The van der Waals surface area contributed by atoms with Crippen LogP contribution in [0.25, 0.3) is 16.7 Å². The van der Waals surface area contributed by atoms with Gasteiger partial charge in [-0.15, -0.1) is 0 Å². The molecule has 0 saturated heterocycles. The Morgan fingerprint density at radius 2 is 2.00 bits per heavy atom. The quantitative estimate of drug-likeness (QED) is 0.368. The smallest absolute Gasteiger partial charge is 0.376 e. The Balaban J connectivity index is 2.19. The van der Waals surface area contributed by atoms with Crippen LogP contribution in [-0.2, 0) is 16.1 Å². The molecule has 0 amide bonds. The number of carbonyl (C=O) groups excluding carboxylic acids is 1. The largest absolute Gasteiger partial charge is 0.507 e. The van der Waals surface area contributed by atoms with Crippen LogP contribution in [0.3, 0.4) is 0 Å². The molecule has 0 atom stereocenters. The molecule has 0 saturated carbocycles. The second-order valence-corrected chi connectivity index (χ2v) is 6.40. The van der Waals surface area contributed by atoms with E-state index in [0.29, 0.717) is 33.3 Å². The summed E-state index contributed by atoms with van der Waals surface area (Å²) in [5.41, 5.74) is 1.10. The molecule has 1 aromatic heterocycles. The highest BCUT2D eigenvalue weighted by Gasteiger charge is 2.19. The number of nitrogens with zero attached hydrogens (tertiary/aromatic N) is 1. The Bertz CT molecular complexity index is 1120. The zero-order chi connectivity index (χ0) is 20.4. The number of carbonyl (C=O) groups is 2. The first-order valence-corrected chi connectivity index (χ1v) is 8.47. The van der Waals surface area contributed by atoms with Crippen LogP contribution in [0.5, 0.6) is 5.75 Å². The molecule has 0 fully saturated rings. The van der Waals surface area contributed by atoms with Crippen LogP contribution in [0.2, 0.25) is 5.02 Å². The first-order valence-electron chi connectivity index (χ1n) is 8.10. The zero-order valence-electron chi connectivity index (χ0n) is 14.6. The third-order valence-electron chi connectivity index (χ3n) is 4.19. The molecule has 0 spiro atoms. The number of ketones is 1. The minimum Gasteiger partial charge on any atom is -0.507 e. The van der Waals surface area contributed by atoms with Gasteiger partial charge in [0.05, 0.1) is 24.6 Å². The van der Waals surface area contributed by atoms with E-state index >= 15 is 0 Å². The van der Waals surface area contributed by atoms with Crippen LogP contribution in [0, 0.1) is 5.82 Å². The summed E-state index contributed by atoms with van der Waals surface area (Å²) in [6.07, 6.45) is 2.11. The van der Waals surface area contributed by atoms with E-state index in [-0.39, 0.29) is 12.1 Å². The normalized spacial score (nSPS) is 11.6. The highest BCUT2D eigenvalue weighted by molar-refractivity contribution is 6.38. The maximum atomic E-state index is 14.2. The summed E-state index contributed by atoms with van der Waals surface area (Å²) in [7, 11) is 1.44. The summed E-state index contributed by atoms with van der Waals surface area (Å²) in [5, 5.41) is 19.9. The number of hydrogen-bond donors (Lipinski definition) is 2. The third kappa shape index (κ3) is 3.70. The predicted octanol–water partition coefficient (Wildman–Crippen LogP) is 4.04. The molecule has 8 heteroatoms. The molecule has 0 aliphatic rings. The third-order valence-corrected chi connectivity index (χ3v) is 4.43. The van der Waals surface area contributed by atoms with Crippen molar-refractivity contribution in [2.45, 2.75) is 6.54 Å². The zero-order valence-corrected chi connectivity index (χ0v) is 15.4. The Labute approximate surface area is 164 Å². The molecule has 28 heavy (non-hydrogen) atoms. The fourth-order valence-corrected chi connectivity index (χ4v) is 3.12. The predicted molar refractivity (Wildman–Crippen MR) is 102 cm³/mol. The van der Waals surface area contributed by atoms with Crippen LogP contribution in [0.4, 0.5) is 4.39 Å². The van der Waals surface area contributed by atoms with E-state index in [1.165, 1.54) is 31.5 Å². The average Bonchev–Trinajstić information content (AvgIpc) is 3.03. The highest BCUT2D eigenvalue weighted by Crippen LogP contribution is 2.34. The maximum absolute atomic E-state index is 14.2. The average molecular weight is 404 g/mol. The lowest BCUT2D eigenvalue weighted by Crippen LogP contribution is -2.09. The Hall–Kier alpha value is -3.32. The van der Waals surface area contributed by atoms with Gasteiger partial charge in [-0.1, -0.05) is 17.7 Å². The number of aliphatic hydroxyl groups is 1. The van der Waals surface area contributed by atoms with E-state index in [1.807, 2.05) is 0 Å². The van der Waals surface area contributed by atoms with Gasteiger partial charge in [0.15, 0.2) is 0 Å². The van der Waals surface area contributed by atoms with Crippen LogP contribution >= 0.6 is 11.6 Å². The number of methoxy groups -OCH3 is 1. The number of aliphatic hydroxyl groups excluding tert-OH is 1. The number of ether oxygens (including phenoxy) is 1. The number of benzene rings is 2. The number of aliphatic carboxylic acids is 1. The van der Waals surface area contributed by atoms with Gasteiger partial charge in [-0.2, -0.15) is 0 Å². The Kier molecular flexibility index (Phi) is 5.37. The monoisotopic (exact) mass is 403 g/mol. The van der Waals surface area contributed by atoms with Gasteiger partial charge in [-0.3, -0.25) is 4.79 Å². The molecule has 1 heterocycles. The van der Waals surface area contributed by atoms with Crippen LogP contribution in [0.1, 0.15) is 11.1 Å². The van der Waals surface area contributed by atoms with Crippen molar-refractivity contribution in [2.75, 3.05) is 7.11 Å². The van der Waals surface area contributed by atoms with Crippen molar-refractivity contribution in [3.8, 4) is 5.75 Å². The lowest BCUT2D eigenvalue weighted by Gasteiger charge is -2.08. The number of hydrogen-bond acceptors (Lipinski definition) is 4. The molecule has 2 N–H and O–H groups in total. The second kappa shape index (κ2) is 7.74. The van der Waals surface area contributed by atoms with Gasteiger partial charge in [0.25, 0.3) is 5.78 Å². The molecule has 0 aliphatic carbocycles. The molecule has 0 radical (unpaired) electrons. The van der Waals surface area contributed by atoms with Gasteiger partial charge in [0.2, 0.25) is 0 Å². The SMILES string of the molecule is COc1cccc2c1c(/C(O)=C/C(=O)C(=O)O)cn2Cc1cc(Cl)ccc1F. The topological polar surface area (TPSA) is 88.8 Å². The van der Waals surface area contributed by atoms with Crippen molar-refractivity contribution in [3.63, 3.8) is 0 Å². The molecule has 2 aromatic carbocycles. The first kappa shape index (κ1) is 19.4. The summed E-state index contributed by atoms with van der Waals surface area (Å²) >= 11 is 5.95. The number of halogens is 2. The van der Waals surface area contributed by atoms with Gasteiger partial charge in [0.1, 0.15) is 17.3 Å². The lowest BCUT2D eigenvalue weighted by atomic mass is 10.1. The number of fused-ring (bicyclic) bond motifs is 1. The van der Waals surface area contributed by atoms with Crippen molar-refractivity contribution < 1.29 is 28.9 Å². The number of aromatic nitrogens is 1. The maximum Gasteiger partial charge on any atom is 0.376 e. The number of carboxylic acids is 1. The summed E-state index contributed by atoms with van der Waals surface area (Å²) in [4.78, 5) is 22.2. The number of rotatable bonds is 6. The van der Waals surface area contributed by atoms with Crippen LogP contribution in [0.15, 0.2) is 48.7 Å². The molecule has 3 aromatic rings. The Morgan fingerprint density at radius 1 is 1.25 bits per heavy atom. The molecule has 6 nitrogen and oxygen atoms in total. The number of carboxylic acid groups (broad SMARTS) is 1. The van der Waals surface area contributed by atoms with E-state index in [2.05, 4.69) is 0 Å². The minimum absolute atomic E-state index is 0.0935. The van der Waals surface area contributed by atoms with Gasteiger partial charge < -0.3 is 19.5 Å². The molecule has 0 aliphatic heterocycles. The molecule has 0 unspecified atom stereocenters. The molecule has 3 rings (SSSR count). The summed E-state index contributed by atoms with van der Waals surface area (Å²) in [6.45, 7) is 0.0935. The van der Waals surface area contributed by atoms with Gasteiger partial charge >= 0.3 is 5.97 Å². The van der Waals surface area contributed by atoms with Crippen molar-refractivity contribution in [3.05, 3.63) is 70.6 Å². The van der Waals surface area contributed by atoms with Crippen molar-refractivity contribution in [1.29, 1.82) is 0 Å². The van der Waals surface area contributed by atoms with E-state index in [1.54, 1.807) is 22.8 Å². The van der Waals surface area contributed by atoms with E-state index < -0.39 is 23.3 Å². The standard InChI is InChI=1S/C20H15ClFNO5/c1-28-18-4-2-3-15-19(18)13(16(24)8-17(25)20(26)27)10-23(15)9-11-7-12(21)5-6-14(11)22/h2-8,10,24H,9H2,1H3,(H,26,27)/b16-8-. The second-order valence-electron chi connectivity index (χ2n) is 5.96. The summed E-state index contributed by atoms with van der Waals surface area (Å²) in [5.74, 6) is -3.54. The summed E-state index contributed by atoms with van der Waals surface area (Å²) < 4.78 is 21.1.